The van der Waals surface area contributed by atoms with Gasteiger partial charge in [0.25, 0.3) is 0 Å². The van der Waals surface area contributed by atoms with Gasteiger partial charge in [-0.1, -0.05) is 297 Å². The maximum atomic E-state index is 5.11. The largest absolute Gasteiger partial charge is 0.309 e. The van der Waals surface area contributed by atoms with Crippen LogP contribution in [0.2, 0.25) is 0 Å². The average molecular weight is 1740 g/mol. The van der Waals surface area contributed by atoms with Crippen LogP contribution in [0.25, 0.3) is 243 Å². The van der Waals surface area contributed by atoms with Gasteiger partial charge in [-0.15, -0.1) is 0 Å². The second kappa shape index (κ2) is 32.8. The zero-order valence-electron chi connectivity index (χ0n) is 73.6. The maximum absolute atomic E-state index is 5.11. The third-order valence-corrected chi connectivity index (χ3v) is 26.9. The monoisotopic (exact) mass is 1740 g/mol. The van der Waals surface area contributed by atoms with Crippen molar-refractivity contribution in [1.82, 2.24) is 57.3 Å². The van der Waals surface area contributed by atoms with Gasteiger partial charge in [-0.25, -0.2) is 4.98 Å². The molecule has 0 aliphatic rings. The van der Waals surface area contributed by atoms with Gasteiger partial charge >= 0.3 is 0 Å². The molecular weight excluding hydrogens is 1660 g/mol. The first-order valence-electron chi connectivity index (χ1n) is 45.9. The average Bonchev–Trinajstić information content (AvgIpc) is 1.57. The van der Waals surface area contributed by atoms with Crippen molar-refractivity contribution in [3.63, 3.8) is 0 Å². The highest BCUT2D eigenvalue weighted by Gasteiger charge is 2.26. The molecule has 18 aromatic carbocycles. The molecule has 28 rings (SSSR count). The minimum atomic E-state index is 0.579. The van der Waals surface area contributed by atoms with E-state index in [2.05, 4.69) is 425 Å². The van der Waals surface area contributed by atoms with Crippen LogP contribution in [-0.2, 0) is 0 Å². The van der Waals surface area contributed by atoms with Crippen LogP contribution >= 0.6 is 0 Å². The summed E-state index contributed by atoms with van der Waals surface area (Å²) in [4.78, 5) is 28.6. The van der Waals surface area contributed by atoms with Gasteiger partial charge < -0.3 is 22.8 Å². The summed E-state index contributed by atoms with van der Waals surface area (Å²) in [5.41, 5.74) is 30.9. The summed E-state index contributed by atoms with van der Waals surface area (Å²) >= 11 is 0. The fourth-order valence-corrected chi connectivity index (χ4v) is 20.9. The first-order chi connectivity index (χ1) is 67.5. The van der Waals surface area contributed by atoms with E-state index in [-0.39, 0.29) is 0 Å². The Morgan fingerprint density at radius 2 is 0.449 bits per heavy atom. The number of benzene rings is 18. The van der Waals surface area contributed by atoms with E-state index in [1.165, 1.54) is 137 Å². The zero-order chi connectivity index (χ0) is 89.7. The van der Waals surface area contributed by atoms with Gasteiger partial charge in [0, 0.05) is 123 Å². The number of pyridine rings is 3. The molecule has 0 radical (unpaired) electrons. The Balaban J connectivity index is 0.000000106. The van der Waals surface area contributed by atoms with Crippen LogP contribution in [0.5, 0.6) is 0 Å². The number of fused-ring (bicyclic) bond motifs is 19. The lowest BCUT2D eigenvalue weighted by Gasteiger charge is -2.11. The zero-order valence-corrected chi connectivity index (χ0v) is 73.6. The smallest absolute Gasteiger partial charge is 0.238 e. The topological polar surface area (TPSA) is 107 Å². The molecule has 28 aromatic rings. The summed E-state index contributed by atoms with van der Waals surface area (Å²) in [6, 6.07) is 159. The molecule has 0 bridgehead atoms. The molecule has 0 aliphatic carbocycles. The summed E-state index contributed by atoms with van der Waals surface area (Å²) in [6.45, 7) is 0. The number of rotatable bonds is 12. The Bertz CT molecular complexity index is 9470. The van der Waals surface area contributed by atoms with Crippen LogP contribution < -0.4 is 0 Å². The molecule has 10 aromatic heterocycles. The maximum Gasteiger partial charge on any atom is 0.238 e. The van der Waals surface area contributed by atoms with Crippen LogP contribution in [-0.4, -0.2) is 57.3 Å². The van der Waals surface area contributed by atoms with Crippen LogP contribution in [0.15, 0.2) is 486 Å². The fraction of sp³-hybridized carbons (Fsp3) is 0. The van der Waals surface area contributed by atoms with Gasteiger partial charge in [-0.2, -0.15) is 9.97 Å². The Morgan fingerprint density at radius 1 is 0.154 bits per heavy atom. The number of nitrogens with zero attached hydrogens (tertiary/aromatic N) is 12. The van der Waals surface area contributed by atoms with E-state index < -0.39 is 0 Å². The van der Waals surface area contributed by atoms with Crippen molar-refractivity contribution in [2.75, 3.05) is 0 Å². The molecule has 0 aliphatic heterocycles. The van der Waals surface area contributed by atoms with E-state index in [0.29, 0.717) is 17.6 Å². The second-order valence-electron chi connectivity index (χ2n) is 34.5. The molecule has 12 heteroatoms. The predicted molar refractivity (Wildman–Crippen MR) is 562 cm³/mol. The summed E-state index contributed by atoms with van der Waals surface area (Å²) in [7, 11) is 0. The normalized spacial score (nSPS) is 11.7. The molecule has 0 spiro atoms. The van der Waals surface area contributed by atoms with Crippen LogP contribution in [0, 0.1) is 0 Å². The standard InChI is InChI=1S/C44H28N6.C41H27N3.C39H25N3/c1-4-13-29(14-5-1)42-46-43(30-15-6-2-7-16-30)48-44(47-42)50-37-21-11-10-19-35(37)41-33(20-12-22-39(41)50)31-23-24-38-36(27-31)34-25-26-45-28-40(34)49(38)32-17-8-3-9-18-32;1-3-10-28(11-4-1)29-18-21-32(22-19-29)43-37-16-8-7-14-35(37)41-33(15-9-17-39(41)43)30-20-23-38-36(26-30)34-24-25-42-27-40(34)44(38)31-12-5-2-6-13-31;1-2-11-29(12-3-1)41-36-20-18-28(24-34(36)32-21-22-40-25-38(32)41)31-14-8-16-37-39(31)33-13-6-7-15-35(33)42(37)30-19-17-26-9-4-5-10-27(26)23-30/h1-28H;1-27H;1-25H. The summed E-state index contributed by atoms with van der Waals surface area (Å²) in [6.07, 6.45) is 11.6. The predicted octanol–water partition coefficient (Wildman–Crippen LogP) is 31.2. The highest BCUT2D eigenvalue weighted by Crippen LogP contribution is 2.47. The Kier molecular flexibility index (Phi) is 19.0. The first kappa shape index (κ1) is 78.5. The summed E-state index contributed by atoms with van der Waals surface area (Å²) in [5, 5.41) is 17.0. The lowest BCUT2D eigenvalue weighted by molar-refractivity contribution is 0.953. The lowest BCUT2D eigenvalue weighted by Crippen LogP contribution is -2.06. The minimum Gasteiger partial charge on any atom is -0.309 e. The van der Waals surface area contributed by atoms with E-state index in [9.17, 15) is 0 Å². The molecule has 0 atom stereocenters. The van der Waals surface area contributed by atoms with Crippen molar-refractivity contribution >= 4 is 142 Å². The van der Waals surface area contributed by atoms with Gasteiger partial charge in [0.2, 0.25) is 5.95 Å². The summed E-state index contributed by atoms with van der Waals surface area (Å²) < 4.78 is 13.9. The Hall–Kier alpha value is -18.5. The number of hydrogen-bond donors (Lipinski definition) is 0. The van der Waals surface area contributed by atoms with Crippen molar-refractivity contribution < 1.29 is 0 Å². The van der Waals surface area contributed by atoms with Gasteiger partial charge in [0.15, 0.2) is 11.6 Å². The van der Waals surface area contributed by atoms with Crippen molar-refractivity contribution in [1.29, 1.82) is 0 Å². The molecule has 636 valence electrons. The molecule has 0 saturated heterocycles. The molecule has 0 fully saturated rings. The molecular formula is C124H80N12. The lowest BCUT2D eigenvalue weighted by atomic mass is 9.98. The molecule has 0 unspecified atom stereocenters. The SMILES string of the molecule is c1ccc(-c2ccc(-n3c4ccccc4c4c(-c5ccc6c(c5)c5ccncc5n6-c5ccccc5)cccc43)cc2)cc1.c1ccc(-c2nc(-c3ccccc3)nc(-n3c4ccccc4c4c(-c5ccc6c(c5)c5ccncc5n6-c5ccccc5)cccc43)n2)cc1.c1ccc(-n2c3ccc(-c4cccc5c4c4ccccc4n5-c4ccc5ccccc5c4)cc3c3ccncc32)cc1. The second-order valence-corrected chi connectivity index (χ2v) is 34.5. The minimum absolute atomic E-state index is 0.579. The molecule has 0 N–H and O–H groups in total. The Labute approximate surface area is 781 Å². The Morgan fingerprint density at radius 3 is 0.860 bits per heavy atom. The quantitative estimate of drug-likeness (QED) is 0.121. The van der Waals surface area contributed by atoms with E-state index in [0.717, 1.165) is 88.9 Å². The van der Waals surface area contributed by atoms with E-state index >= 15 is 0 Å². The fourth-order valence-electron chi connectivity index (χ4n) is 20.9. The van der Waals surface area contributed by atoms with E-state index in [1.54, 1.807) is 0 Å². The molecule has 0 amide bonds. The van der Waals surface area contributed by atoms with Gasteiger partial charge in [-0.3, -0.25) is 19.5 Å². The van der Waals surface area contributed by atoms with Crippen molar-refractivity contribution in [3.8, 4) is 102 Å². The van der Waals surface area contributed by atoms with Gasteiger partial charge in [0.1, 0.15) is 0 Å². The molecule has 10 heterocycles. The number of para-hydroxylation sites is 6. The highest BCUT2D eigenvalue weighted by molar-refractivity contribution is 6.21. The van der Waals surface area contributed by atoms with Crippen LogP contribution in [0.3, 0.4) is 0 Å². The first-order valence-corrected chi connectivity index (χ1v) is 45.9. The highest BCUT2D eigenvalue weighted by atomic mass is 15.2. The number of hydrogen-bond acceptors (Lipinski definition) is 6. The summed E-state index contributed by atoms with van der Waals surface area (Å²) in [5.74, 6) is 1.84. The van der Waals surface area contributed by atoms with E-state index in [4.69, 9.17) is 15.0 Å². The molecule has 136 heavy (non-hydrogen) atoms. The molecule has 12 nitrogen and oxygen atoms in total. The van der Waals surface area contributed by atoms with Crippen molar-refractivity contribution in [2.45, 2.75) is 0 Å². The molecule has 0 saturated carbocycles. The number of aromatic nitrogens is 12. The van der Waals surface area contributed by atoms with Gasteiger partial charge in [-0.05, 0) is 207 Å². The third-order valence-electron chi connectivity index (χ3n) is 26.9. The van der Waals surface area contributed by atoms with Crippen LogP contribution in [0.4, 0.5) is 0 Å². The van der Waals surface area contributed by atoms with Crippen molar-refractivity contribution in [3.05, 3.63) is 486 Å². The third kappa shape index (κ3) is 13.2. The van der Waals surface area contributed by atoms with E-state index in [1.807, 2.05) is 104 Å². The van der Waals surface area contributed by atoms with Crippen LogP contribution in [0.1, 0.15) is 0 Å². The van der Waals surface area contributed by atoms with Gasteiger partial charge in [0.05, 0.1) is 84.8 Å². The van der Waals surface area contributed by atoms with Crippen molar-refractivity contribution in [2.24, 2.45) is 0 Å².